The molecule has 1 atom stereocenters. The molecule has 6 nitrogen and oxygen atoms in total. The van der Waals surface area contributed by atoms with E-state index < -0.39 is 14.0 Å². The smallest absolute Gasteiger partial charge is 0.271 e. The van der Waals surface area contributed by atoms with Crippen molar-refractivity contribution >= 4 is 25.4 Å². The Kier molecular flexibility index (Phi) is 4.75. The van der Waals surface area contributed by atoms with Crippen LogP contribution in [0.25, 0.3) is 0 Å². The predicted octanol–water partition coefficient (Wildman–Crippen LogP) is 3.01. The maximum atomic E-state index is 11.5. The maximum absolute atomic E-state index is 11.5. The fourth-order valence-electron chi connectivity index (χ4n) is 1.45. The van der Waals surface area contributed by atoms with Crippen LogP contribution in [0.15, 0.2) is 17.0 Å². The first kappa shape index (κ1) is 15.7. The monoisotopic (exact) mass is 307 g/mol. The van der Waals surface area contributed by atoms with Crippen LogP contribution in [-0.2, 0) is 9.05 Å². The molecule has 0 saturated carbocycles. The summed E-state index contributed by atoms with van der Waals surface area (Å²) >= 11 is 0. The van der Waals surface area contributed by atoms with Gasteiger partial charge in [-0.25, -0.2) is 8.42 Å². The third-order valence-electron chi connectivity index (χ3n) is 2.59. The van der Waals surface area contributed by atoms with Crippen molar-refractivity contribution in [3.8, 4) is 5.75 Å². The molecule has 0 radical (unpaired) electrons. The fraction of sp³-hybridized carbons (Fsp3) is 0.455. The predicted molar refractivity (Wildman–Crippen MR) is 71.3 cm³/mol. The molecule has 0 spiro atoms. The minimum absolute atomic E-state index is 0.0648. The van der Waals surface area contributed by atoms with Gasteiger partial charge in [0.15, 0.2) is 0 Å². The lowest BCUT2D eigenvalue weighted by Crippen LogP contribution is -2.13. The van der Waals surface area contributed by atoms with E-state index in [0.717, 1.165) is 6.07 Å². The van der Waals surface area contributed by atoms with Crippen LogP contribution in [0.1, 0.15) is 25.8 Å². The number of nitro benzene ring substituents is 1. The minimum Gasteiger partial charge on any atom is -0.489 e. The number of benzene rings is 1. The molecule has 0 saturated heterocycles. The first-order valence-electron chi connectivity index (χ1n) is 5.57. The molecule has 0 aliphatic rings. The normalized spacial score (nSPS) is 13.1. The third kappa shape index (κ3) is 3.81. The molecule has 0 bridgehead atoms. The van der Waals surface area contributed by atoms with E-state index >= 15 is 0 Å². The van der Waals surface area contributed by atoms with Crippen LogP contribution in [0.5, 0.6) is 5.75 Å². The highest BCUT2D eigenvalue weighted by molar-refractivity contribution is 8.13. The highest BCUT2D eigenvalue weighted by Crippen LogP contribution is 2.35. The van der Waals surface area contributed by atoms with E-state index in [1.165, 1.54) is 13.0 Å². The number of halogens is 1. The molecule has 8 heteroatoms. The zero-order valence-corrected chi connectivity index (χ0v) is 12.3. The molecular formula is C11H14ClNO5S. The van der Waals surface area contributed by atoms with Crippen LogP contribution < -0.4 is 4.74 Å². The number of non-ortho nitro benzene ring substituents is 1. The largest absolute Gasteiger partial charge is 0.489 e. The van der Waals surface area contributed by atoms with Crippen molar-refractivity contribution in [2.75, 3.05) is 0 Å². The second-order valence-corrected chi connectivity index (χ2v) is 6.66. The molecule has 0 amide bonds. The molecule has 1 aromatic rings. The standard InChI is InChI=1S/C11H14ClNO5S/c1-4-8(3)18-11-7(2)5-9(13(14)15)6-10(11)19(12,16)17/h5-6,8H,4H2,1-3H3. The van der Waals surface area contributed by atoms with Crippen molar-refractivity contribution < 1.29 is 18.1 Å². The Morgan fingerprint density at radius 1 is 1.47 bits per heavy atom. The van der Waals surface area contributed by atoms with Gasteiger partial charge < -0.3 is 4.74 Å². The second-order valence-electron chi connectivity index (χ2n) is 4.12. The zero-order chi connectivity index (χ0) is 14.8. The SMILES string of the molecule is CCC(C)Oc1c(C)cc([N+](=O)[O-])cc1S(=O)(=O)Cl. The summed E-state index contributed by atoms with van der Waals surface area (Å²) in [6, 6.07) is 2.16. The Labute approximate surface area is 115 Å². The van der Waals surface area contributed by atoms with Gasteiger partial charge in [-0.2, -0.15) is 0 Å². The summed E-state index contributed by atoms with van der Waals surface area (Å²) in [7, 11) is 1.19. The zero-order valence-electron chi connectivity index (χ0n) is 10.7. The number of ether oxygens (including phenoxy) is 1. The molecule has 0 aliphatic carbocycles. The van der Waals surface area contributed by atoms with Gasteiger partial charge in [-0.3, -0.25) is 10.1 Å². The molecular weight excluding hydrogens is 294 g/mol. The van der Waals surface area contributed by atoms with Crippen LogP contribution in [0.4, 0.5) is 5.69 Å². The molecule has 0 aliphatic heterocycles. The Bertz CT molecular complexity index is 599. The summed E-state index contributed by atoms with van der Waals surface area (Å²) in [4.78, 5) is 9.70. The maximum Gasteiger partial charge on any atom is 0.271 e. The van der Waals surface area contributed by atoms with E-state index in [0.29, 0.717) is 12.0 Å². The highest BCUT2D eigenvalue weighted by atomic mass is 35.7. The Morgan fingerprint density at radius 2 is 2.05 bits per heavy atom. The number of nitro groups is 1. The van der Waals surface area contributed by atoms with E-state index in [9.17, 15) is 18.5 Å². The van der Waals surface area contributed by atoms with Gasteiger partial charge in [0.05, 0.1) is 11.0 Å². The molecule has 0 aromatic heterocycles. The van der Waals surface area contributed by atoms with E-state index in [1.807, 2.05) is 6.92 Å². The van der Waals surface area contributed by atoms with Gasteiger partial charge in [0, 0.05) is 22.8 Å². The van der Waals surface area contributed by atoms with Gasteiger partial charge in [-0.05, 0) is 25.8 Å². The lowest BCUT2D eigenvalue weighted by Gasteiger charge is -2.17. The van der Waals surface area contributed by atoms with Crippen molar-refractivity contribution in [2.45, 2.75) is 38.2 Å². The summed E-state index contributed by atoms with van der Waals surface area (Å²) in [6.07, 6.45) is 0.440. The van der Waals surface area contributed by atoms with Crippen LogP contribution >= 0.6 is 10.7 Å². The van der Waals surface area contributed by atoms with E-state index in [2.05, 4.69) is 0 Å². The molecule has 1 aromatic carbocycles. The van der Waals surface area contributed by atoms with Crippen LogP contribution in [0.2, 0.25) is 0 Å². The number of rotatable bonds is 5. The van der Waals surface area contributed by atoms with Gasteiger partial charge in [0.1, 0.15) is 10.6 Å². The highest BCUT2D eigenvalue weighted by Gasteiger charge is 2.24. The van der Waals surface area contributed by atoms with Crippen molar-refractivity contribution in [1.29, 1.82) is 0 Å². The number of hydrogen-bond acceptors (Lipinski definition) is 5. The first-order valence-corrected chi connectivity index (χ1v) is 7.88. The van der Waals surface area contributed by atoms with Crippen molar-refractivity contribution in [3.05, 3.63) is 27.8 Å². The van der Waals surface area contributed by atoms with Crippen molar-refractivity contribution in [2.24, 2.45) is 0 Å². The van der Waals surface area contributed by atoms with Crippen LogP contribution in [-0.4, -0.2) is 19.4 Å². The molecule has 106 valence electrons. The molecule has 1 unspecified atom stereocenters. The van der Waals surface area contributed by atoms with Gasteiger partial charge in [-0.15, -0.1) is 0 Å². The van der Waals surface area contributed by atoms with E-state index in [1.54, 1.807) is 6.92 Å². The average Bonchev–Trinajstić information content (AvgIpc) is 2.29. The van der Waals surface area contributed by atoms with Gasteiger partial charge in [0.2, 0.25) is 0 Å². The summed E-state index contributed by atoms with van der Waals surface area (Å²) in [5.41, 5.74) is 0.0157. The first-order chi connectivity index (χ1) is 8.66. The quantitative estimate of drug-likeness (QED) is 0.474. The third-order valence-corrected chi connectivity index (χ3v) is 3.92. The molecule has 0 N–H and O–H groups in total. The summed E-state index contributed by atoms with van der Waals surface area (Å²) < 4.78 is 28.5. The average molecular weight is 308 g/mol. The Balaban J connectivity index is 3.48. The lowest BCUT2D eigenvalue weighted by atomic mass is 10.2. The van der Waals surface area contributed by atoms with Gasteiger partial charge in [0.25, 0.3) is 14.7 Å². The summed E-state index contributed by atoms with van der Waals surface area (Å²) in [6.45, 7) is 5.18. The number of aryl methyl sites for hydroxylation is 1. The Morgan fingerprint density at radius 3 is 2.47 bits per heavy atom. The van der Waals surface area contributed by atoms with Gasteiger partial charge in [-0.1, -0.05) is 6.92 Å². The van der Waals surface area contributed by atoms with E-state index in [4.69, 9.17) is 15.4 Å². The summed E-state index contributed by atoms with van der Waals surface area (Å²) in [5.74, 6) is 0.0648. The minimum atomic E-state index is -4.12. The molecule has 0 fully saturated rings. The van der Waals surface area contributed by atoms with Gasteiger partial charge >= 0.3 is 0 Å². The number of nitrogens with zero attached hydrogens (tertiary/aromatic N) is 1. The number of hydrogen-bond donors (Lipinski definition) is 0. The Hall–Kier alpha value is -1.34. The second kappa shape index (κ2) is 5.75. The fourth-order valence-corrected chi connectivity index (χ4v) is 2.48. The van der Waals surface area contributed by atoms with Crippen LogP contribution in [0, 0.1) is 17.0 Å². The van der Waals surface area contributed by atoms with E-state index in [-0.39, 0.29) is 22.4 Å². The molecule has 1 rings (SSSR count). The lowest BCUT2D eigenvalue weighted by molar-refractivity contribution is -0.385. The molecule has 19 heavy (non-hydrogen) atoms. The van der Waals surface area contributed by atoms with Crippen molar-refractivity contribution in [1.82, 2.24) is 0 Å². The topological polar surface area (TPSA) is 86.5 Å². The van der Waals surface area contributed by atoms with Crippen LogP contribution in [0.3, 0.4) is 0 Å². The summed E-state index contributed by atoms with van der Waals surface area (Å²) in [5, 5.41) is 10.7. The molecule has 0 heterocycles. The van der Waals surface area contributed by atoms with Crippen molar-refractivity contribution in [3.63, 3.8) is 0 Å².